The lowest BCUT2D eigenvalue weighted by Crippen LogP contribution is -2.12. The van der Waals surface area contributed by atoms with Gasteiger partial charge in [-0.2, -0.15) is 0 Å². The van der Waals surface area contributed by atoms with E-state index in [1.165, 1.54) is 19.1 Å². The molecule has 1 atom stereocenters. The number of alkyl halides is 2. The molecule has 0 saturated heterocycles. The lowest BCUT2D eigenvalue weighted by Gasteiger charge is -2.13. The molecule has 1 aromatic carbocycles. The van der Waals surface area contributed by atoms with Crippen LogP contribution in [0.5, 0.6) is 5.75 Å². The number of aliphatic carboxylic acids is 1. The van der Waals surface area contributed by atoms with Gasteiger partial charge >= 0.3 is 5.97 Å². The van der Waals surface area contributed by atoms with Crippen molar-refractivity contribution in [3.05, 3.63) is 28.8 Å². The van der Waals surface area contributed by atoms with Gasteiger partial charge in [0.2, 0.25) is 0 Å². The maximum absolute atomic E-state index is 12.6. The van der Waals surface area contributed by atoms with Gasteiger partial charge < -0.3 is 10.2 Å². The average Bonchev–Trinajstić information content (AvgIpc) is 2.22. The van der Waals surface area contributed by atoms with Crippen LogP contribution in [0.3, 0.4) is 0 Å². The van der Waals surface area contributed by atoms with Crippen molar-refractivity contribution in [1.29, 1.82) is 0 Å². The first-order valence-electron chi connectivity index (χ1n) is 5.16. The van der Waals surface area contributed by atoms with Gasteiger partial charge in [0.05, 0.1) is 11.5 Å². The average molecular weight is 244 g/mol. The van der Waals surface area contributed by atoms with Crippen molar-refractivity contribution in [1.82, 2.24) is 0 Å². The summed E-state index contributed by atoms with van der Waals surface area (Å²) < 4.78 is 25.2. The number of aromatic hydroxyl groups is 1. The van der Waals surface area contributed by atoms with E-state index in [-0.39, 0.29) is 12.0 Å². The van der Waals surface area contributed by atoms with E-state index in [2.05, 4.69) is 0 Å². The number of rotatable bonds is 4. The van der Waals surface area contributed by atoms with Gasteiger partial charge in [0.25, 0.3) is 6.43 Å². The molecule has 0 bridgehead atoms. The summed E-state index contributed by atoms with van der Waals surface area (Å²) in [7, 11) is 0. The van der Waals surface area contributed by atoms with E-state index in [0.29, 0.717) is 5.56 Å². The normalized spacial score (nSPS) is 12.8. The largest absolute Gasteiger partial charge is 0.507 e. The number of phenolic OH excluding ortho intramolecular Hbond substituents is 1. The van der Waals surface area contributed by atoms with Crippen molar-refractivity contribution >= 4 is 5.97 Å². The van der Waals surface area contributed by atoms with E-state index in [0.717, 1.165) is 0 Å². The summed E-state index contributed by atoms with van der Waals surface area (Å²) in [6, 6.07) is 2.73. The van der Waals surface area contributed by atoms with E-state index in [9.17, 15) is 18.7 Å². The van der Waals surface area contributed by atoms with Crippen LogP contribution in [0, 0.1) is 12.8 Å². The molecule has 0 aliphatic rings. The minimum atomic E-state index is -2.77. The zero-order valence-corrected chi connectivity index (χ0v) is 9.58. The number of hydrogen-bond donors (Lipinski definition) is 2. The summed E-state index contributed by atoms with van der Waals surface area (Å²) in [6.07, 6.45) is -2.74. The van der Waals surface area contributed by atoms with E-state index in [1.54, 1.807) is 6.92 Å². The Kier molecular flexibility index (Phi) is 4.04. The number of halogens is 2. The minimum Gasteiger partial charge on any atom is -0.507 e. The lowest BCUT2D eigenvalue weighted by atomic mass is 9.96. The van der Waals surface area contributed by atoms with Crippen LogP contribution in [-0.2, 0) is 11.2 Å². The van der Waals surface area contributed by atoms with Crippen LogP contribution in [0.4, 0.5) is 8.78 Å². The molecule has 0 radical (unpaired) electrons. The topological polar surface area (TPSA) is 57.5 Å². The number of phenols is 1. The number of carboxylic acid groups (broad SMARTS) is 1. The van der Waals surface area contributed by atoms with Gasteiger partial charge in [-0.3, -0.25) is 4.79 Å². The maximum Gasteiger partial charge on any atom is 0.306 e. The number of benzene rings is 1. The summed E-state index contributed by atoms with van der Waals surface area (Å²) in [5.41, 5.74) is 0.374. The van der Waals surface area contributed by atoms with Crippen molar-refractivity contribution in [3.8, 4) is 5.75 Å². The molecule has 0 aromatic heterocycles. The highest BCUT2D eigenvalue weighted by atomic mass is 19.3. The number of carbonyl (C=O) groups is 1. The highest BCUT2D eigenvalue weighted by Gasteiger charge is 2.20. The Bertz CT molecular complexity index is 430. The Morgan fingerprint density at radius 2 is 2.00 bits per heavy atom. The molecule has 3 nitrogen and oxygen atoms in total. The first kappa shape index (κ1) is 13.4. The predicted octanol–water partition coefficient (Wildman–Crippen LogP) is 2.90. The number of aryl methyl sites for hydroxylation is 1. The zero-order chi connectivity index (χ0) is 13.2. The Morgan fingerprint density at radius 3 is 2.47 bits per heavy atom. The second-order valence-electron chi connectivity index (χ2n) is 4.11. The first-order valence-corrected chi connectivity index (χ1v) is 5.16. The molecule has 5 heteroatoms. The van der Waals surface area contributed by atoms with E-state index < -0.39 is 29.6 Å². The maximum atomic E-state index is 12.6. The summed E-state index contributed by atoms with van der Waals surface area (Å²) in [6.45, 7) is 3.09. The molecule has 0 fully saturated rings. The Morgan fingerprint density at radius 1 is 1.41 bits per heavy atom. The van der Waals surface area contributed by atoms with Crippen molar-refractivity contribution in [3.63, 3.8) is 0 Å². The fourth-order valence-electron chi connectivity index (χ4n) is 1.62. The van der Waals surface area contributed by atoms with Crippen LogP contribution in [0.15, 0.2) is 12.1 Å². The quantitative estimate of drug-likeness (QED) is 0.856. The smallest absolute Gasteiger partial charge is 0.306 e. The van der Waals surface area contributed by atoms with Crippen molar-refractivity contribution in [2.45, 2.75) is 26.7 Å². The summed E-state index contributed by atoms with van der Waals surface area (Å²) in [4.78, 5) is 10.7. The van der Waals surface area contributed by atoms with Crippen LogP contribution in [-0.4, -0.2) is 16.2 Å². The molecule has 2 N–H and O–H groups in total. The third-order valence-corrected chi connectivity index (χ3v) is 2.55. The van der Waals surface area contributed by atoms with E-state index in [1.807, 2.05) is 0 Å². The van der Waals surface area contributed by atoms with Crippen molar-refractivity contribution < 1.29 is 23.8 Å². The monoisotopic (exact) mass is 244 g/mol. The molecule has 0 aliphatic heterocycles. The first-order chi connectivity index (χ1) is 7.82. The van der Waals surface area contributed by atoms with Gasteiger partial charge in [-0.25, -0.2) is 8.78 Å². The van der Waals surface area contributed by atoms with E-state index in [4.69, 9.17) is 5.11 Å². The minimum absolute atomic E-state index is 0.0303. The van der Waals surface area contributed by atoms with Gasteiger partial charge in [-0.15, -0.1) is 0 Å². The fourth-order valence-corrected chi connectivity index (χ4v) is 1.62. The van der Waals surface area contributed by atoms with E-state index >= 15 is 0 Å². The zero-order valence-electron chi connectivity index (χ0n) is 9.58. The number of carboxylic acids is 1. The van der Waals surface area contributed by atoms with Gasteiger partial charge in [0.1, 0.15) is 5.75 Å². The van der Waals surface area contributed by atoms with Gasteiger partial charge in [-0.05, 0) is 25.0 Å². The SMILES string of the molecule is Cc1cc(CC(C)C(=O)O)c(O)c(C(F)F)c1. The molecular formula is C12H14F2O3. The molecule has 0 spiro atoms. The third-order valence-electron chi connectivity index (χ3n) is 2.55. The summed E-state index contributed by atoms with van der Waals surface area (Å²) in [5.74, 6) is -2.25. The second kappa shape index (κ2) is 5.12. The molecule has 1 unspecified atom stereocenters. The van der Waals surface area contributed by atoms with Crippen LogP contribution in [0.25, 0.3) is 0 Å². The standard InChI is InChI=1S/C12H14F2O3/c1-6-3-8(5-7(2)12(16)17)10(15)9(4-6)11(13)14/h3-4,7,11,15H,5H2,1-2H3,(H,16,17). The van der Waals surface area contributed by atoms with Crippen molar-refractivity contribution in [2.24, 2.45) is 5.92 Å². The molecule has 94 valence electrons. The predicted molar refractivity (Wildman–Crippen MR) is 58.3 cm³/mol. The highest BCUT2D eigenvalue weighted by Crippen LogP contribution is 2.33. The van der Waals surface area contributed by atoms with Crippen LogP contribution in [0.2, 0.25) is 0 Å². The lowest BCUT2D eigenvalue weighted by molar-refractivity contribution is -0.141. The number of hydrogen-bond acceptors (Lipinski definition) is 2. The van der Waals surface area contributed by atoms with Gasteiger partial charge in [0.15, 0.2) is 0 Å². The Hall–Kier alpha value is -1.65. The van der Waals surface area contributed by atoms with Crippen LogP contribution < -0.4 is 0 Å². The third kappa shape index (κ3) is 3.15. The molecule has 0 aliphatic carbocycles. The summed E-state index contributed by atoms with van der Waals surface area (Å²) >= 11 is 0. The molecule has 0 saturated carbocycles. The molecule has 17 heavy (non-hydrogen) atoms. The van der Waals surface area contributed by atoms with Gasteiger partial charge in [-0.1, -0.05) is 18.6 Å². The fraction of sp³-hybridized carbons (Fsp3) is 0.417. The van der Waals surface area contributed by atoms with Crippen molar-refractivity contribution in [2.75, 3.05) is 0 Å². The molecule has 0 heterocycles. The second-order valence-corrected chi connectivity index (χ2v) is 4.11. The Labute approximate surface area is 97.7 Å². The molecule has 0 amide bonds. The Balaban J connectivity index is 3.11. The molecular weight excluding hydrogens is 230 g/mol. The van der Waals surface area contributed by atoms with Crippen LogP contribution in [0.1, 0.15) is 30.0 Å². The van der Waals surface area contributed by atoms with Crippen LogP contribution >= 0.6 is 0 Å². The summed E-state index contributed by atoms with van der Waals surface area (Å²) in [5, 5.41) is 18.4. The van der Waals surface area contributed by atoms with Gasteiger partial charge in [0, 0.05) is 0 Å². The molecule has 1 rings (SSSR count). The molecule has 1 aromatic rings. The highest BCUT2D eigenvalue weighted by molar-refractivity contribution is 5.70.